The van der Waals surface area contributed by atoms with Crippen molar-refractivity contribution in [2.75, 3.05) is 5.32 Å². The van der Waals surface area contributed by atoms with Crippen molar-refractivity contribution in [1.29, 1.82) is 0 Å². The Balaban J connectivity index is 2.01. The Morgan fingerprint density at radius 1 is 1.04 bits per heavy atom. The van der Waals surface area contributed by atoms with Crippen LogP contribution in [0.3, 0.4) is 0 Å². The zero-order chi connectivity index (χ0) is 19.3. The third kappa shape index (κ3) is 5.92. The van der Waals surface area contributed by atoms with Gasteiger partial charge in [-0.2, -0.15) is 0 Å². The average Bonchev–Trinajstić information content (AvgIpc) is 2.55. The quantitative estimate of drug-likeness (QED) is 0.855. The third-order valence-corrected chi connectivity index (χ3v) is 3.58. The van der Waals surface area contributed by atoms with Crippen molar-refractivity contribution in [2.24, 2.45) is 0 Å². The molecule has 2 rings (SSSR count). The SMILES string of the molecule is Cc1ccc(OC(C)C(=O)Nc2cccc(C(=O)NC(C)(C)C)c2)cc1. The molecule has 1 atom stereocenters. The summed E-state index contributed by atoms with van der Waals surface area (Å²) in [5.74, 6) is 0.174. The lowest BCUT2D eigenvalue weighted by Crippen LogP contribution is -2.40. The second-order valence-corrected chi connectivity index (χ2v) is 7.35. The fraction of sp³-hybridized carbons (Fsp3) is 0.333. The van der Waals surface area contributed by atoms with Crippen molar-refractivity contribution in [1.82, 2.24) is 5.32 Å². The zero-order valence-corrected chi connectivity index (χ0v) is 15.9. The van der Waals surface area contributed by atoms with Gasteiger partial charge in [0.2, 0.25) is 0 Å². The van der Waals surface area contributed by atoms with Crippen LogP contribution in [0.25, 0.3) is 0 Å². The molecule has 0 aromatic heterocycles. The molecular formula is C21H26N2O3. The Hall–Kier alpha value is -2.82. The highest BCUT2D eigenvalue weighted by atomic mass is 16.5. The van der Waals surface area contributed by atoms with Gasteiger partial charge in [0.25, 0.3) is 11.8 Å². The molecular weight excluding hydrogens is 328 g/mol. The molecule has 0 radical (unpaired) electrons. The van der Waals surface area contributed by atoms with Gasteiger partial charge < -0.3 is 15.4 Å². The molecule has 2 aromatic rings. The molecule has 1 unspecified atom stereocenters. The highest BCUT2D eigenvalue weighted by Crippen LogP contribution is 2.16. The Morgan fingerprint density at radius 3 is 2.31 bits per heavy atom. The van der Waals surface area contributed by atoms with Crippen molar-refractivity contribution in [3.8, 4) is 5.75 Å². The van der Waals surface area contributed by atoms with Crippen LogP contribution in [0.4, 0.5) is 5.69 Å². The van der Waals surface area contributed by atoms with E-state index in [-0.39, 0.29) is 17.4 Å². The summed E-state index contributed by atoms with van der Waals surface area (Å²) in [4.78, 5) is 24.6. The maximum atomic E-state index is 12.4. The van der Waals surface area contributed by atoms with E-state index in [4.69, 9.17) is 4.74 Å². The van der Waals surface area contributed by atoms with Crippen LogP contribution in [0.15, 0.2) is 48.5 Å². The number of nitrogens with one attached hydrogen (secondary N) is 2. The molecule has 0 bridgehead atoms. The first-order chi connectivity index (χ1) is 12.1. The number of carbonyl (C=O) groups excluding carboxylic acids is 2. The molecule has 26 heavy (non-hydrogen) atoms. The van der Waals surface area contributed by atoms with Crippen LogP contribution in [0.2, 0.25) is 0 Å². The number of ether oxygens (including phenoxy) is 1. The van der Waals surface area contributed by atoms with Crippen LogP contribution in [0.5, 0.6) is 5.75 Å². The molecule has 2 N–H and O–H groups in total. The first-order valence-electron chi connectivity index (χ1n) is 8.61. The molecule has 5 nitrogen and oxygen atoms in total. The third-order valence-electron chi connectivity index (χ3n) is 3.58. The summed E-state index contributed by atoms with van der Waals surface area (Å²) in [5, 5.41) is 5.69. The van der Waals surface area contributed by atoms with Gasteiger partial charge in [-0.3, -0.25) is 9.59 Å². The summed E-state index contributed by atoms with van der Waals surface area (Å²) in [7, 11) is 0. The molecule has 5 heteroatoms. The van der Waals surface area contributed by atoms with E-state index in [9.17, 15) is 9.59 Å². The van der Waals surface area contributed by atoms with E-state index in [1.165, 1.54) is 0 Å². The molecule has 0 aliphatic rings. The maximum absolute atomic E-state index is 12.4. The minimum Gasteiger partial charge on any atom is -0.481 e. The minimum absolute atomic E-state index is 0.183. The summed E-state index contributed by atoms with van der Waals surface area (Å²) < 4.78 is 5.66. The van der Waals surface area contributed by atoms with Crippen LogP contribution in [0.1, 0.15) is 43.6 Å². The molecule has 0 saturated carbocycles. The van der Waals surface area contributed by atoms with Gasteiger partial charge in [0.15, 0.2) is 6.10 Å². The number of benzene rings is 2. The van der Waals surface area contributed by atoms with Gasteiger partial charge in [-0.15, -0.1) is 0 Å². The molecule has 0 heterocycles. The smallest absolute Gasteiger partial charge is 0.265 e. The Labute approximate surface area is 154 Å². The van der Waals surface area contributed by atoms with E-state index in [0.29, 0.717) is 17.0 Å². The van der Waals surface area contributed by atoms with Crippen LogP contribution >= 0.6 is 0 Å². The predicted molar refractivity (Wildman–Crippen MR) is 104 cm³/mol. The summed E-state index contributed by atoms with van der Waals surface area (Å²) >= 11 is 0. The lowest BCUT2D eigenvalue weighted by Gasteiger charge is -2.20. The molecule has 0 aliphatic carbocycles. The number of carbonyl (C=O) groups is 2. The molecule has 0 fully saturated rings. The highest BCUT2D eigenvalue weighted by Gasteiger charge is 2.17. The monoisotopic (exact) mass is 354 g/mol. The van der Waals surface area contributed by atoms with Gasteiger partial charge in [-0.25, -0.2) is 0 Å². The van der Waals surface area contributed by atoms with Gasteiger partial charge >= 0.3 is 0 Å². The minimum atomic E-state index is -0.662. The highest BCUT2D eigenvalue weighted by molar-refractivity contribution is 5.98. The van der Waals surface area contributed by atoms with Crippen molar-refractivity contribution in [3.05, 3.63) is 59.7 Å². The zero-order valence-electron chi connectivity index (χ0n) is 15.9. The van der Waals surface area contributed by atoms with Crippen LogP contribution in [-0.4, -0.2) is 23.5 Å². The van der Waals surface area contributed by atoms with E-state index in [1.54, 1.807) is 31.2 Å². The fourth-order valence-corrected chi connectivity index (χ4v) is 2.27. The van der Waals surface area contributed by atoms with Crippen LogP contribution in [-0.2, 0) is 4.79 Å². The molecule has 0 spiro atoms. The van der Waals surface area contributed by atoms with Gasteiger partial charge in [0.05, 0.1) is 0 Å². The van der Waals surface area contributed by atoms with Gasteiger partial charge in [-0.05, 0) is 65.0 Å². The van der Waals surface area contributed by atoms with Gasteiger partial charge in [0.1, 0.15) is 5.75 Å². The molecule has 0 saturated heterocycles. The van der Waals surface area contributed by atoms with Crippen LogP contribution < -0.4 is 15.4 Å². The van der Waals surface area contributed by atoms with E-state index >= 15 is 0 Å². The van der Waals surface area contributed by atoms with Gasteiger partial charge in [-0.1, -0.05) is 23.8 Å². The number of rotatable bonds is 5. The standard InChI is InChI=1S/C21H26N2O3/c1-14-9-11-18(12-10-14)26-15(2)19(24)22-17-8-6-7-16(13-17)20(25)23-21(3,4)5/h6-13,15H,1-5H3,(H,22,24)(H,23,25). The van der Waals surface area contributed by atoms with Crippen molar-refractivity contribution in [3.63, 3.8) is 0 Å². The van der Waals surface area contributed by atoms with E-state index < -0.39 is 6.10 Å². The normalized spacial score (nSPS) is 12.2. The van der Waals surface area contributed by atoms with Crippen LogP contribution in [0, 0.1) is 6.92 Å². The average molecular weight is 354 g/mol. The lowest BCUT2D eigenvalue weighted by atomic mass is 10.1. The largest absolute Gasteiger partial charge is 0.481 e. The summed E-state index contributed by atoms with van der Waals surface area (Å²) in [6.45, 7) is 9.43. The predicted octanol–water partition coefficient (Wildman–Crippen LogP) is 3.93. The van der Waals surface area contributed by atoms with E-state index in [2.05, 4.69) is 10.6 Å². The van der Waals surface area contributed by atoms with Crippen molar-refractivity contribution >= 4 is 17.5 Å². The molecule has 0 aliphatic heterocycles. The second-order valence-electron chi connectivity index (χ2n) is 7.35. The molecule has 2 amide bonds. The van der Waals surface area contributed by atoms with Crippen molar-refractivity contribution < 1.29 is 14.3 Å². The van der Waals surface area contributed by atoms with E-state index in [1.807, 2.05) is 52.0 Å². The van der Waals surface area contributed by atoms with Gasteiger partial charge in [0, 0.05) is 16.8 Å². The summed E-state index contributed by atoms with van der Waals surface area (Å²) in [6.07, 6.45) is -0.662. The number of aryl methyl sites for hydroxylation is 1. The number of anilines is 1. The first-order valence-corrected chi connectivity index (χ1v) is 8.61. The topological polar surface area (TPSA) is 67.4 Å². The lowest BCUT2D eigenvalue weighted by molar-refractivity contribution is -0.122. The second kappa shape index (κ2) is 8.04. The first kappa shape index (κ1) is 19.5. The number of hydrogen-bond acceptors (Lipinski definition) is 3. The fourth-order valence-electron chi connectivity index (χ4n) is 2.27. The van der Waals surface area contributed by atoms with E-state index in [0.717, 1.165) is 5.56 Å². The maximum Gasteiger partial charge on any atom is 0.265 e. The Morgan fingerprint density at radius 2 is 1.69 bits per heavy atom. The Bertz CT molecular complexity index is 777. The summed E-state index contributed by atoms with van der Waals surface area (Å²) in [5.41, 5.74) is 1.84. The molecule has 138 valence electrons. The van der Waals surface area contributed by atoms with Crippen molar-refractivity contribution in [2.45, 2.75) is 46.3 Å². The summed E-state index contributed by atoms with van der Waals surface area (Å²) in [6, 6.07) is 14.4. The Kier molecular flexibility index (Phi) is 6.03. The molecule has 2 aromatic carbocycles. The number of amides is 2. The number of hydrogen-bond donors (Lipinski definition) is 2.